The molecule has 1 aromatic heterocycles. The molecule has 2 heterocycles. The molecule has 2 rings (SSSR count). The SMILES string of the molecule is CC(Cc1ccsc1)NC(=O)C1(C(C)C)CCNC1. The summed E-state index contributed by atoms with van der Waals surface area (Å²) in [5, 5.41) is 10.8. The van der Waals surface area contributed by atoms with E-state index in [-0.39, 0.29) is 17.4 Å². The van der Waals surface area contributed by atoms with Crippen LogP contribution in [0.1, 0.15) is 32.8 Å². The molecule has 1 aliphatic rings. The number of hydrogen-bond donors (Lipinski definition) is 2. The summed E-state index contributed by atoms with van der Waals surface area (Å²) in [5.41, 5.74) is 1.09. The van der Waals surface area contributed by atoms with Gasteiger partial charge in [-0.1, -0.05) is 13.8 Å². The van der Waals surface area contributed by atoms with Crippen molar-refractivity contribution in [1.29, 1.82) is 0 Å². The smallest absolute Gasteiger partial charge is 0.228 e. The lowest BCUT2D eigenvalue weighted by atomic mass is 9.75. The van der Waals surface area contributed by atoms with Crippen molar-refractivity contribution >= 4 is 17.2 Å². The van der Waals surface area contributed by atoms with Gasteiger partial charge in [-0.05, 0) is 54.6 Å². The van der Waals surface area contributed by atoms with E-state index in [2.05, 4.69) is 48.2 Å². The van der Waals surface area contributed by atoms with E-state index >= 15 is 0 Å². The summed E-state index contributed by atoms with van der Waals surface area (Å²) in [6.45, 7) is 8.14. The highest BCUT2D eigenvalue weighted by atomic mass is 32.1. The Morgan fingerprint density at radius 3 is 2.84 bits per heavy atom. The quantitative estimate of drug-likeness (QED) is 0.870. The number of thiophene rings is 1. The van der Waals surface area contributed by atoms with Gasteiger partial charge in [-0.15, -0.1) is 0 Å². The molecule has 0 spiro atoms. The summed E-state index contributed by atoms with van der Waals surface area (Å²) in [7, 11) is 0. The lowest BCUT2D eigenvalue weighted by Gasteiger charge is -2.32. The Hall–Kier alpha value is -0.870. The molecule has 3 nitrogen and oxygen atoms in total. The molecular weight excluding hydrogens is 256 g/mol. The van der Waals surface area contributed by atoms with Crippen LogP contribution in [0.3, 0.4) is 0 Å². The van der Waals surface area contributed by atoms with E-state index in [1.165, 1.54) is 5.56 Å². The molecular formula is C15H24N2OS. The summed E-state index contributed by atoms with van der Waals surface area (Å²) in [4.78, 5) is 12.6. The van der Waals surface area contributed by atoms with Crippen LogP contribution in [-0.4, -0.2) is 25.0 Å². The Morgan fingerprint density at radius 1 is 1.53 bits per heavy atom. The summed E-state index contributed by atoms with van der Waals surface area (Å²) in [6, 6.07) is 2.32. The third kappa shape index (κ3) is 3.18. The zero-order valence-electron chi connectivity index (χ0n) is 12.0. The van der Waals surface area contributed by atoms with Crippen LogP contribution in [-0.2, 0) is 11.2 Å². The van der Waals surface area contributed by atoms with Gasteiger partial charge in [0.25, 0.3) is 0 Å². The molecule has 1 saturated heterocycles. The van der Waals surface area contributed by atoms with Crippen LogP contribution in [0.4, 0.5) is 0 Å². The van der Waals surface area contributed by atoms with Crippen molar-refractivity contribution in [3.8, 4) is 0 Å². The maximum absolute atomic E-state index is 12.6. The number of hydrogen-bond acceptors (Lipinski definition) is 3. The molecule has 2 atom stereocenters. The first kappa shape index (κ1) is 14.5. The standard InChI is InChI=1S/C15H24N2OS/c1-11(2)15(5-6-16-10-15)14(18)17-12(3)8-13-4-7-19-9-13/h4,7,9,11-12,16H,5-6,8,10H2,1-3H3,(H,17,18). The van der Waals surface area contributed by atoms with Crippen molar-refractivity contribution < 1.29 is 4.79 Å². The van der Waals surface area contributed by atoms with Crippen molar-refractivity contribution in [3.63, 3.8) is 0 Å². The Kier molecular flexibility index (Phi) is 4.63. The number of carbonyl (C=O) groups excluding carboxylic acids is 1. The number of amides is 1. The number of rotatable bonds is 5. The van der Waals surface area contributed by atoms with Crippen LogP contribution in [0.2, 0.25) is 0 Å². The van der Waals surface area contributed by atoms with Gasteiger partial charge in [-0.2, -0.15) is 11.3 Å². The third-order valence-electron chi connectivity index (χ3n) is 4.25. The minimum Gasteiger partial charge on any atom is -0.353 e. The highest BCUT2D eigenvalue weighted by molar-refractivity contribution is 7.07. The average Bonchev–Trinajstić information content (AvgIpc) is 2.98. The van der Waals surface area contributed by atoms with Crippen LogP contribution >= 0.6 is 11.3 Å². The van der Waals surface area contributed by atoms with Gasteiger partial charge in [0.1, 0.15) is 0 Å². The van der Waals surface area contributed by atoms with Gasteiger partial charge in [0.15, 0.2) is 0 Å². The van der Waals surface area contributed by atoms with Crippen LogP contribution in [0.5, 0.6) is 0 Å². The summed E-state index contributed by atoms with van der Waals surface area (Å²) < 4.78 is 0. The van der Waals surface area contributed by atoms with Crippen molar-refractivity contribution in [2.24, 2.45) is 11.3 Å². The Bertz CT molecular complexity index is 408. The first-order valence-corrected chi connectivity index (χ1v) is 8.01. The molecule has 0 aliphatic carbocycles. The number of carbonyl (C=O) groups is 1. The molecule has 1 amide bonds. The fourth-order valence-corrected chi connectivity index (χ4v) is 3.52. The maximum atomic E-state index is 12.6. The van der Waals surface area contributed by atoms with Crippen molar-refractivity contribution in [3.05, 3.63) is 22.4 Å². The summed E-state index contributed by atoms with van der Waals surface area (Å²) in [5.74, 6) is 0.589. The minimum absolute atomic E-state index is 0.193. The third-order valence-corrected chi connectivity index (χ3v) is 4.98. The van der Waals surface area contributed by atoms with Crippen LogP contribution in [0.15, 0.2) is 16.8 Å². The first-order chi connectivity index (χ1) is 9.04. The van der Waals surface area contributed by atoms with E-state index in [0.29, 0.717) is 5.92 Å². The van der Waals surface area contributed by atoms with Gasteiger partial charge in [0.05, 0.1) is 5.41 Å². The van der Waals surface area contributed by atoms with E-state index in [4.69, 9.17) is 0 Å². The highest BCUT2D eigenvalue weighted by Gasteiger charge is 2.44. The van der Waals surface area contributed by atoms with E-state index in [0.717, 1.165) is 25.9 Å². The first-order valence-electron chi connectivity index (χ1n) is 7.07. The van der Waals surface area contributed by atoms with Crippen molar-refractivity contribution in [1.82, 2.24) is 10.6 Å². The second-order valence-corrected chi connectivity index (χ2v) is 6.73. The summed E-state index contributed by atoms with van der Waals surface area (Å²) >= 11 is 1.71. The molecule has 0 radical (unpaired) electrons. The molecule has 2 unspecified atom stereocenters. The fourth-order valence-electron chi connectivity index (χ4n) is 2.84. The molecule has 2 N–H and O–H groups in total. The number of nitrogens with one attached hydrogen (secondary N) is 2. The zero-order chi connectivity index (χ0) is 13.9. The summed E-state index contributed by atoms with van der Waals surface area (Å²) in [6.07, 6.45) is 1.86. The minimum atomic E-state index is -0.219. The fraction of sp³-hybridized carbons (Fsp3) is 0.667. The highest BCUT2D eigenvalue weighted by Crippen LogP contribution is 2.34. The second kappa shape index (κ2) is 6.06. The predicted molar refractivity (Wildman–Crippen MR) is 80.4 cm³/mol. The molecule has 0 saturated carbocycles. The van der Waals surface area contributed by atoms with Gasteiger partial charge < -0.3 is 10.6 Å². The van der Waals surface area contributed by atoms with Gasteiger partial charge in [-0.25, -0.2) is 0 Å². The topological polar surface area (TPSA) is 41.1 Å². The molecule has 0 aromatic carbocycles. The molecule has 1 aliphatic heterocycles. The normalized spacial score (nSPS) is 24.6. The average molecular weight is 280 g/mol. The molecule has 0 bridgehead atoms. The van der Waals surface area contributed by atoms with Gasteiger partial charge in [0, 0.05) is 12.6 Å². The van der Waals surface area contributed by atoms with Crippen LogP contribution < -0.4 is 10.6 Å². The Morgan fingerprint density at radius 2 is 2.32 bits per heavy atom. The predicted octanol–water partition coefficient (Wildman–Crippen LogP) is 2.43. The lowest BCUT2D eigenvalue weighted by molar-refractivity contribution is -0.133. The lowest BCUT2D eigenvalue weighted by Crippen LogP contribution is -2.49. The van der Waals surface area contributed by atoms with E-state index in [9.17, 15) is 4.79 Å². The van der Waals surface area contributed by atoms with Crippen molar-refractivity contribution in [2.75, 3.05) is 13.1 Å². The Labute approximate surface area is 119 Å². The molecule has 106 valence electrons. The second-order valence-electron chi connectivity index (χ2n) is 5.95. The van der Waals surface area contributed by atoms with E-state index < -0.39 is 0 Å². The van der Waals surface area contributed by atoms with Crippen LogP contribution in [0, 0.1) is 11.3 Å². The maximum Gasteiger partial charge on any atom is 0.228 e. The largest absolute Gasteiger partial charge is 0.353 e. The van der Waals surface area contributed by atoms with Gasteiger partial charge in [0.2, 0.25) is 5.91 Å². The Balaban J connectivity index is 1.95. The van der Waals surface area contributed by atoms with Gasteiger partial charge >= 0.3 is 0 Å². The molecule has 4 heteroatoms. The van der Waals surface area contributed by atoms with Crippen molar-refractivity contribution in [2.45, 2.75) is 39.7 Å². The molecule has 1 aromatic rings. The van der Waals surface area contributed by atoms with Crippen LogP contribution in [0.25, 0.3) is 0 Å². The monoisotopic (exact) mass is 280 g/mol. The molecule has 19 heavy (non-hydrogen) atoms. The van der Waals surface area contributed by atoms with E-state index in [1.807, 2.05) is 0 Å². The van der Waals surface area contributed by atoms with Gasteiger partial charge in [-0.3, -0.25) is 4.79 Å². The zero-order valence-corrected chi connectivity index (χ0v) is 12.8. The molecule has 1 fully saturated rings. The van der Waals surface area contributed by atoms with E-state index in [1.54, 1.807) is 11.3 Å².